The Labute approximate surface area is 99.3 Å². The molecule has 82 valence electrons. The van der Waals surface area contributed by atoms with Crippen molar-refractivity contribution < 1.29 is 4.92 Å². The summed E-state index contributed by atoms with van der Waals surface area (Å²) < 4.78 is 0. The van der Waals surface area contributed by atoms with Crippen LogP contribution in [0.5, 0.6) is 0 Å². The number of nitro benzene ring substituents is 1. The highest BCUT2D eigenvalue weighted by Gasteiger charge is 2.04. The number of non-ortho nitro benzene ring substituents is 1. The topological polar surface area (TPSA) is 43.1 Å². The van der Waals surface area contributed by atoms with E-state index in [0.717, 1.165) is 11.1 Å². The predicted molar refractivity (Wildman–Crippen MR) is 65.8 cm³/mol. The molecule has 0 aliphatic heterocycles. The van der Waals surface area contributed by atoms with Crippen LogP contribution in [-0.2, 0) is 0 Å². The molecule has 0 bridgehead atoms. The summed E-state index contributed by atoms with van der Waals surface area (Å²) in [6.07, 6.45) is 0. The van der Waals surface area contributed by atoms with Gasteiger partial charge in [0.25, 0.3) is 5.69 Å². The molecule has 0 saturated carbocycles. The van der Waals surface area contributed by atoms with E-state index in [2.05, 4.69) is 0 Å². The molecule has 0 heterocycles. The van der Waals surface area contributed by atoms with Crippen molar-refractivity contribution in [2.45, 2.75) is 0 Å². The van der Waals surface area contributed by atoms with Gasteiger partial charge in [-0.1, -0.05) is 30.3 Å². The molecule has 3 nitrogen and oxygen atoms in total. The molecule has 0 spiro atoms. The zero-order valence-electron chi connectivity index (χ0n) is 8.37. The van der Waals surface area contributed by atoms with Crippen LogP contribution in [-0.4, -0.2) is 4.92 Å². The molecule has 16 heavy (non-hydrogen) atoms. The lowest BCUT2D eigenvalue weighted by Gasteiger charge is -1.99. The molecule has 0 unspecified atom stereocenters. The minimum atomic E-state index is -0.394. The molecule has 0 saturated heterocycles. The predicted octanol–water partition coefficient (Wildman–Crippen LogP) is 3.68. The maximum atomic E-state index is 10.5. The van der Waals surface area contributed by atoms with Crippen LogP contribution in [0, 0.1) is 10.1 Å². The number of rotatable bonds is 2. The molecular formula is C12H10ClNO2. The van der Waals surface area contributed by atoms with Crippen molar-refractivity contribution in [2.24, 2.45) is 0 Å². The minimum Gasteiger partial charge on any atom is -0.258 e. The Morgan fingerprint density at radius 3 is 1.81 bits per heavy atom. The second-order valence-electron chi connectivity index (χ2n) is 3.17. The number of nitro groups is 1. The van der Waals surface area contributed by atoms with Crippen LogP contribution in [0.15, 0.2) is 54.6 Å². The lowest BCUT2D eigenvalue weighted by molar-refractivity contribution is -0.384. The molecule has 0 aromatic heterocycles. The van der Waals surface area contributed by atoms with Crippen molar-refractivity contribution >= 4 is 18.1 Å². The Hall–Kier alpha value is -1.87. The van der Waals surface area contributed by atoms with Crippen molar-refractivity contribution in [3.05, 3.63) is 64.7 Å². The highest BCUT2D eigenvalue weighted by molar-refractivity contribution is 5.85. The van der Waals surface area contributed by atoms with Gasteiger partial charge in [0.2, 0.25) is 0 Å². The number of benzene rings is 2. The lowest BCUT2D eigenvalue weighted by atomic mass is 10.1. The summed E-state index contributed by atoms with van der Waals surface area (Å²) in [5.74, 6) is 0. The van der Waals surface area contributed by atoms with E-state index in [4.69, 9.17) is 0 Å². The summed E-state index contributed by atoms with van der Waals surface area (Å²) >= 11 is 0. The van der Waals surface area contributed by atoms with Gasteiger partial charge in [0.1, 0.15) is 0 Å². The van der Waals surface area contributed by atoms with Crippen LogP contribution in [0.4, 0.5) is 5.69 Å². The average Bonchev–Trinajstić information content (AvgIpc) is 2.30. The molecule has 2 aromatic carbocycles. The molecule has 0 fully saturated rings. The summed E-state index contributed by atoms with van der Waals surface area (Å²) in [6.45, 7) is 0. The first kappa shape index (κ1) is 12.2. The van der Waals surface area contributed by atoms with E-state index in [1.165, 1.54) is 12.1 Å². The van der Waals surface area contributed by atoms with Gasteiger partial charge in [-0.25, -0.2) is 0 Å². The van der Waals surface area contributed by atoms with E-state index in [-0.39, 0.29) is 18.1 Å². The van der Waals surface area contributed by atoms with Crippen molar-refractivity contribution in [2.75, 3.05) is 0 Å². The Balaban J connectivity index is 0.00000128. The van der Waals surface area contributed by atoms with Crippen LogP contribution in [0.3, 0.4) is 0 Å². The summed E-state index contributed by atoms with van der Waals surface area (Å²) in [5, 5.41) is 10.5. The Bertz CT molecular complexity index is 468. The van der Waals surface area contributed by atoms with Crippen molar-refractivity contribution in [3.8, 4) is 11.1 Å². The third-order valence-electron chi connectivity index (χ3n) is 2.19. The fourth-order valence-electron chi connectivity index (χ4n) is 1.41. The van der Waals surface area contributed by atoms with Gasteiger partial charge in [-0.15, -0.1) is 12.4 Å². The first-order valence-corrected chi connectivity index (χ1v) is 4.57. The van der Waals surface area contributed by atoms with Crippen LogP contribution in [0.25, 0.3) is 11.1 Å². The summed E-state index contributed by atoms with van der Waals surface area (Å²) in [5.41, 5.74) is 2.17. The van der Waals surface area contributed by atoms with Crippen molar-refractivity contribution in [1.29, 1.82) is 0 Å². The molecule has 2 aromatic rings. The highest BCUT2D eigenvalue weighted by Crippen LogP contribution is 2.21. The maximum absolute atomic E-state index is 10.5. The quantitative estimate of drug-likeness (QED) is 0.589. The summed E-state index contributed by atoms with van der Waals surface area (Å²) in [6, 6.07) is 16.3. The fraction of sp³-hybridized carbons (Fsp3) is 0. The second-order valence-corrected chi connectivity index (χ2v) is 3.17. The number of nitrogens with zero attached hydrogens (tertiary/aromatic N) is 1. The number of hydrogen-bond donors (Lipinski definition) is 0. The fourth-order valence-corrected chi connectivity index (χ4v) is 1.41. The smallest absolute Gasteiger partial charge is 0.258 e. The maximum Gasteiger partial charge on any atom is 0.269 e. The molecule has 4 heteroatoms. The zero-order valence-corrected chi connectivity index (χ0v) is 9.18. The molecule has 0 atom stereocenters. The Kier molecular flexibility index (Phi) is 4.03. The van der Waals surface area contributed by atoms with E-state index in [9.17, 15) is 10.1 Å². The van der Waals surface area contributed by atoms with Gasteiger partial charge in [-0.05, 0) is 23.3 Å². The minimum absolute atomic E-state index is 0. The number of hydrogen-bond acceptors (Lipinski definition) is 2. The molecule has 0 amide bonds. The van der Waals surface area contributed by atoms with Gasteiger partial charge >= 0.3 is 0 Å². The first-order valence-electron chi connectivity index (χ1n) is 4.57. The lowest BCUT2D eigenvalue weighted by Crippen LogP contribution is -1.86. The van der Waals surface area contributed by atoms with E-state index in [0.29, 0.717) is 0 Å². The largest absolute Gasteiger partial charge is 0.269 e. The third kappa shape index (κ3) is 2.58. The van der Waals surface area contributed by atoms with Crippen LogP contribution in [0.1, 0.15) is 0 Å². The van der Waals surface area contributed by atoms with E-state index < -0.39 is 4.92 Å². The van der Waals surface area contributed by atoms with Crippen LogP contribution in [0.2, 0.25) is 0 Å². The SMILES string of the molecule is Cl.O=[N+]([O-])c1ccc(-c2ccccc2)cc1. The van der Waals surface area contributed by atoms with Gasteiger partial charge < -0.3 is 0 Å². The molecule has 0 aliphatic carbocycles. The van der Waals surface area contributed by atoms with Gasteiger partial charge in [0.05, 0.1) is 4.92 Å². The highest BCUT2D eigenvalue weighted by atomic mass is 35.5. The zero-order chi connectivity index (χ0) is 10.7. The van der Waals surface area contributed by atoms with Crippen molar-refractivity contribution in [1.82, 2.24) is 0 Å². The average molecular weight is 236 g/mol. The van der Waals surface area contributed by atoms with Gasteiger partial charge in [-0.2, -0.15) is 0 Å². The second kappa shape index (κ2) is 5.28. The van der Waals surface area contributed by atoms with E-state index in [1.807, 2.05) is 30.3 Å². The molecule has 0 N–H and O–H groups in total. The molecule has 2 rings (SSSR count). The van der Waals surface area contributed by atoms with Gasteiger partial charge in [0.15, 0.2) is 0 Å². The van der Waals surface area contributed by atoms with Gasteiger partial charge in [-0.3, -0.25) is 10.1 Å². The normalized spacial score (nSPS) is 9.25. The monoisotopic (exact) mass is 235 g/mol. The Morgan fingerprint density at radius 2 is 1.31 bits per heavy atom. The van der Waals surface area contributed by atoms with Crippen LogP contribution >= 0.6 is 12.4 Å². The van der Waals surface area contributed by atoms with E-state index >= 15 is 0 Å². The van der Waals surface area contributed by atoms with Gasteiger partial charge in [0, 0.05) is 12.1 Å². The Morgan fingerprint density at radius 1 is 0.812 bits per heavy atom. The first-order chi connectivity index (χ1) is 7.27. The number of halogens is 1. The molecule has 0 radical (unpaired) electrons. The standard InChI is InChI=1S/C12H9NO2.ClH/c14-13(15)12-8-6-11(7-9-12)10-4-2-1-3-5-10;/h1-9H;1H. The van der Waals surface area contributed by atoms with Crippen molar-refractivity contribution in [3.63, 3.8) is 0 Å². The summed E-state index contributed by atoms with van der Waals surface area (Å²) in [7, 11) is 0. The third-order valence-corrected chi connectivity index (χ3v) is 2.19. The molecular weight excluding hydrogens is 226 g/mol. The molecule has 0 aliphatic rings. The van der Waals surface area contributed by atoms with Crippen LogP contribution < -0.4 is 0 Å². The summed E-state index contributed by atoms with van der Waals surface area (Å²) in [4.78, 5) is 10.1. The van der Waals surface area contributed by atoms with E-state index in [1.54, 1.807) is 12.1 Å².